The van der Waals surface area contributed by atoms with Crippen molar-refractivity contribution in [2.45, 2.75) is 17.7 Å². The molecule has 0 radical (unpaired) electrons. The van der Waals surface area contributed by atoms with Crippen molar-refractivity contribution in [2.75, 3.05) is 17.6 Å². The van der Waals surface area contributed by atoms with Gasteiger partial charge in [-0.1, -0.05) is 23.7 Å². The fourth-order valence-electron chi connectivity index (χ4n) is 3.74. The second-order valence-electron chi connectivity index (χ2n) is 7.52. The minimum absolute atomic E-state index is 0.0625. The van der Waals surface area contributed by atoms with Crippen molar-refractivity contribution in [3.63, 3.8) is 0 Å². The van der Waals surface area contributed by atoms with E-state index in [1.54, 1.807) is 42.5 Å². The highest BCUT2D eigenvalue weighted by Gasteiger charge is 2.30. The van der Waals surface area contributed by atoms with Gasteiger partial charge >= 0.3 is 0 Å². The monoisotopic (exact) mass is 467 g/mol. The molecule has 0 spiro atoms. The summed E-state index contributed by atoms with van der Waals surface area (Å²) in [6.07, 6.45) is 1.07. The van der Waals surface area contributed by atoms with Crippen LogP contribution in [-0.4, -0.2) is 42.4 Å². The van der Waals surface area contributed by atoms with Crippen molar-refractivity contribution in [1.82, 2.24) is 15.3 Å². The van der Waals surface area contributed by atoms with Crippen LogP contribution in [0.15, 0.2) is 58.4 Å². The minimum atomic E-state index is -3.51. The number of hydrogen-bond acceptors (Lipinski definition) is 7. The van der Waals surface area contributed by atoms with Gasteiger partial charge in [-0.3, -0.25) is 9.79 Å². The average molecular weight is 468 g/mol. The summed E-state index contributed by atoms with van der Waals surface area (Å²) < 4.78 is 25.7. The number of aromatic nitrogens is 2. The summed E-state index contributed by atoms with van der Waals surface area (Å²) in [5, 5.41) is 6.39. The Morgan fingerprint density at radius 2 is 1.84 bits per heavy atom. The summed E-state index contributed by atoms with van der Waals surface area (Å²) in [6, 6.07) is 14.3. The van der Waals surface area contributed by atoms with Gasteiger partial charge in [0.15, 0.2) is 21.5 Å². The number of carbonyl (C=O) groups excluding carboxylic acids is 1. The molecule has 2 aliphatic rings. The largest absolute Gasteiger partial charge is 0.339 e. The number of hydrogen-bond donors (Lipinski definition) is 2. The lowest BCUT2D eigenvalue weighted by Crippen LogP contribution is -2.25. The second kappa shape index (κ2) is 7.99. The number of carbonyl (C=O) groups is 1. The number of nitrogens with zero attached hydrogens (tertiary/aromatic N) is 3. The Morgan fingerprint density at radius 1 is 1.03 bits per heavy atom. The molecule has 1 amide bonds. The van der Waals surface area contributed by atoms with Gasteiger partial charge in [0.25, 0.3) is 0 Å². The van der Waals surface area contributed by atoms with Gasteiger partial charge < -0.3 is 10.6 Å². The van der Waals surface area contributed by atoms with Gasteiger partial charge in [-0.05, 0) is 49.2 Å². The highest BCUT2D eigenvalue weighted by Crippen LogP contribution is 2.34. The highest BCUT2D eigenvalue weighted by molar-refractivity contribution is 7.91. The van der Waals surface area contributed by atoms with Gasteiger partial charge in [0, 0.05) is 21.8 Å². The molecule has 162 valence electrons. The number of amides is 1. The first kappa shape index (κ1) is 20.6. The van der Waals surface area contributed by atoms with Crippen LogP contribution in [0.4, 0.5) is 11.5 Å². The first-order valence-corrected chi connectivity index (χ1v) is 12.0. The van der Waals surface area contributed by atoms with E-state index in [1.165, 1.54) is 0 Å². The number of aryl methyl sites for hydroxylation is 1. The molecule has 5 rings (SSSR count). The molecule has 0 fully saturated rings. The maximum atomic E-state index is 12.8. The fraction of sp³-hybridized carbons (Fsp3) is 0.182. The molecule has 2 aromatic carbocycles. The Labute approximate surface area is 189 Å². The van der Waals surface area contributed by atoms with E-state index in [4.69, 9.17) is 11.6 Å². The molecule has 0 aliphatic carbocycles. The fourth-order valence-corrected chi connectivity index (χ4v) is 5.56. The van der Waals surface area contributed by atoms with Crippen LogP contribution in [0.25, 0.3) is 11.4 Å². The number of aliphatic imine (C=N–C) groups is 1. The van der Waals surface area contributed by atoms with Gasteiger partial charge in [0.05, 0.1) is 11.4 Å². The van der Waals surface area contributed by atoms with Crippen molar-refractivity contribution in [2.24, 2.45) is 4.99 Å². The summed E-state index contributed by atoms with van der Waals surface area (Å²) in [5.41, 5.74) is 2.62. The lowest BCUT2D eigenvalue weighted by molar-refractivity contribution is -0.117. The average Bonchev–Trinajstić information content (AvgIpc) is 3.20. The molecule has 1 aromatic heterocycles. The Morgan fingerprint density at radius 3 is 2.56 bits per heavy atom. The molecule has 0 atom stereocenters. The Balaban J connectivity index is 1.55. The van der Waals surface area contributed by atoms with E-state index >= 15 is 0 Å². The zero-order chi connectivity index (χ0) is 22.3. The van der Waals surface area contributed by atoms with E-state index in [-0.39, 0.29) is 28.9 Å². The molecule has 0 saturated heterocycles. The van der Waals surface area contributed by atoms with E-state index in [0.717, 1.165) is 5.56 Å². The maximum absolute atomic E-state index is 12.8. The SMILES string of the molecule is O=C1CN=C(c2ccc(Nc3nc(-c4cccc(Cl)c4)nc4c3S(=O)(=O)CCC4)cc2)N1. The van der Waals surface area contributed by atoms with E-state index < -0.39 is 9.84 Å². The number of benzene rings is 2. The lowest BCUT2D eigenvalue weighted by atomic mass is 10.1. The van der Waals surface area contributed by atoms with E-state index in [1.807, 2.05) is 6.07 Å². The van der Waals surface area contributed by atoms with E-state index in [2.05, 4.69) is 25.6 Å². The van der Waals surface area contributed by atoms with Crippen LogP contribution in [-0.2, 0) is 21.1 Å². The third-order valence-electron chi connectivity index (χ3n) is 5.22. The molecule has 0 bridgehead atoms. The zero-order valence-electron chi connectivity index (χ0n) is 16.8. The number of rotatable bonds is 4. The standard InChI is InChI=1S/C22H18ClN5O3S/c23-15-4-1-3-14(11-15)21-26-17-5-2-10-32(30,31)19(17)22(28-21)25-16-8-6-13(7-9-16)20-24-12-18(29)27-20/h1,3-4,6-9,11H,2,5,10,12H2,(H,24,27,29)(H,25,26,28). The summed E-state index contributed by atoms with van der Waals surface area (Å²) in [5.74, 6) is 1.09. The second-order valence-corrected chi connectivity index (χ2v) is 10.0. The molecule has 3 heterocycles. The first-order valence-electron chi connectivity index (χ1n) is 10.0. The van der Waals surface area contributed by atoms with Crippen molar-refractivity contribution in [1.29, 1.82) is 0 Å². The van der Waals surface area contributed by atoms with Gasteiger partial charge in [-0.25, -0.2) is 18.4 Å². The molecular formula is C22H18ClN5O3S. The molecular weight excluding hydrogens is 450 g/mol. The summed E-state index contributed by atoms with van der Waals surface area (Å²) in [7, 11) is -3.51. The number of anilines is 2. The number of fused-ring (bicyclic) bond motifs is 1. The first-order chi connectivity index (χ1) is 15.4. The molecule has 3 aromatic rings. The number of sulfone groups is 1. The normalized spacial score (nSPS) is 16.8. The van der Waals surface area contributed by atoms with Crippen molar-refractivity contribution in [3.8, 4) is 11.4 Å². The third-order valence-corrected chi connectivity index (χ3v) is 7.33. The minimum Gasteiger partial charge on any atom is -0.339 e. The molecule has 10 heteroatoms. The van der Waals surface area contributed by atoms with Gasteiger partial charge in [0.2, 0.25) is 5.91 Å². The summed E-state index contributed by atoms with van der Waals surface area (Å²) in [4.78, 5) is 24.8. The quantitative estimate of drug-likeness (QED) is 0.609. The smallest absolute Gasteiger partial charge is 0.247 e. The molecule has 2 N–H and O–H groups in total. The number of halogens is 1. The van der Waals surface area contributed by atoms with Crippen molar-refractivity contribution >= 4 is 44.7 Å². The third kappa shape index (κ3) is 3.96. The molecule has 32 heavy (non-hydrogen) atoms. The Hall–Kier alpha value is -3.30. The van der Waals surface area contributed by atoms with Crippen LogP contribution in [0.1, 0.15) is 17.7 Å². The van der Waals surface area contributed by atoms with Gasteiger partial charge in [-0.15, -0.1) is 0 Å². The van der Waals surface area contributed by atoms with E-state index in [9.17, 15) is 13.2 Å². The van der Waals surface area contributed by atoms with Crippen LogP contribution >= 0.6 is 11.6 Å². The molecule has 0 unspecified atom stereocenters. The van der Waals surface area contributed by atoms with Crippen molar-refractivity contribution < 1.29 is 13.2 Å². The van der Waals surface area contributed by atoms with Crippen LogP contribution in [0.2, 0.25) is 5.02 Å². The maximum Gasteiger partial charge on any atom is 0.247 e. The van der Waals surface area contributed by atoms with Crippen LogP contribution in [0, 0.1) is 0 Å². The predicted octanol–water partition coefficient (Wildman–Crippen LogP) is 3.14. The molecule has 2 aliphatic heterocycles. The van der Waals surface area contributed by atoms with Crippen LogP contribution in [0.3, 0.4) is 0 Å². The van der Waals surface area contributed by atoms with Gasteiger partial charge in [-0.2, -0.15) is 0 Å². The van der Waals surface area contributed by atoms with E-state index in [0.29, 0.717) is 46.5 Å². The summed E-state index contributed by atoms with van der Waals surface area (Å²) in [6.45, 7) is 0.118. The Bertz CT molecular complexity index is 1370. The zero-order valence-corrected chi connectivity index (χ0v) is 18.4. The molecule has 8 nitrogen and oxygen atoms in total. The number of nitrogens with one attached hydrogen (secondary N) is 2. The highest BCUT2D eigenvalue weighted by atomic mass is 35.5. The summed E-state index contributed by atoms with van der Waals surface area (Å²) >= 11 is 6.13. The van der Waals surface area contributed by atoms with Crippen LogP contribution < -0.4 is 10.6 Å². The molecule has 0 saturated carbocycles. The topological polar surface area (TPSA) is 113 Å². The number of amidine groups is 1. The Kier molecular flexibility index (Phi) is 5.15. The lowest BCUT2D eigenvalue weighted by Gasteiger charge is -2.20. The van der Waals surface area contributed by atoms with Crippen molar-refractivity contribution in [3.05, 3.63) is 64.8 Å². The van der Waals surface area contributed by atoms with Crippen LogP contribution in [0.5, 0.6) is 0 Å². The van der Waals surface area contributed by atoms with Gasteiger partial charge in [0.1, 0.15) is 17.3 Å². The predicted molar refractivity (Wildman–Crippen MR) is 122 cm³/mol.